The first kappa shape index (κ1) is 22.5. The molecule has 6 heteroatoms. The average molecular weight is 436 g/mol. The zero-order chi connectivity index (χ0) is 22.3. The Morgan fingerprint density at radius 1 is 1.03 bits per heavy atom. The molecule has 2 aromatic carbocycles. The highest BCUT2D eigenvalue weighted by Crippen LogP contribution is 2.29. The van der Waals surface area contributed by atoms with Gasteiger partial charge >= 0.3 is 0 Å². The minimum atomic E-state index is -0.697. The van der Waals surface area contributed by atoms with E-state index in [4.69, 9.17) is 4.74 Å². The van der Waals surface area contributed by atoms with Crippen molar-refractivity contribution < 1.29 is 14.3 Å². The number of nitrogens with zero attached hydrogens (tertiary/aromatic N) is 2. The minimum absolute atomic E-state index is 0.0627. The molecule has 0 aromatic heterocycles. The molecule has 0 aliphatic carbocycles. The van der Waals surface area contributed by atoms with Gasteiger partial charge in [-0.1, -0.05) is 60.7 Å². The van der Waals surface area contributed by atoms with Crippen LogP contribution in [-0.2, 0) is 20.7 Å². The summed E-state index contributed by atoms with van der Waals surface area (Å²) < 4.78 is 5.69. The SMILES string of the molecule is CN1C(=O)CO[C@@H](C(=O)NCCN2CCC(Cc3ccccc3)CC2)[C@@H]1c1ccccc1. The van der Waals surface area contributed by atoms with Gasteiger partial charge in [0, 0.05) is 20.1 Å². The Labute approximate surface area is 190 Å². The number of likely N-dealkylation sites (tertiary alicyclic amines) is 1. The molecule has 170 valence electrons. The summed E-state index contributed by atoms with van der Waals surface area (Å²) in [6.45, 7) is 3.49. The average Bonchev–Trinajstić information content (AvgIpc) is 2.83. The highest BCUT2D eigenvalue weighted by Gasteiger charge is 2.39. The highest BCUT2D eigenvalue weighted by atomic mass is 16.5. The molecule has 2 heterocycles. The summed E-state index contributed by atoms with van der Waals surface area (Å²) in [6.07, 6.45) is 2.84. The van der Waals surface area contributed by atoms with Gasteiger partial charge in [-0.2, -0.15) is 0 Å². The van der Waals surface area contributed by atoms with Crippen LogP contribution < -0.4 is 5.32 Å². The molecule has 2 atom stereocenters. The first-order valence-electron chi connectivity index (χ1n) is 11.6. The first-order valence-corrected chi connectivity index (χ1v) is 11.6. The fraction of sp³-hybridized carbons (Fsp3) is 0.462. The van der Waals surface area contributed by atoms with Gasteiger partial charge in [0.05, 0.1) is 6.04 Å². The lowest BCUT2D eigenvalue weighted by Gasteiger charge is -2.38. The summed E-state index contributed by atoms with van der Waals surface area (Å²) in [4.78, 5) is 29.2. The second kappa shape index (κ2) is 10.7. The number of morpholine rings is 1. The summed E-state index contributed by atoms with van der Waals surface area (Å²) in [6, 6.07) is 19.9. The van der Waals surface area contributed by atoms with Gasteiger partial charge < -0.3 is 19.9 Å². The van der Waals surface area contributed by atoms with Gasteiger partial charge in [-0.3, -0.25) is 9.59 Å². The quantitative estimate of drug-likeness (QED) is 0.726. The second-order valence-electron chi connectivity index (χ2n) is 8.86. The van der Waals surface area contributed by atoms with Crippen LogP contribution in [0.2, 0.25) is 0 Å². The van der Waals surface area contributed by atoms with Crippen molar-refractivity contribution in [3.05, 3.63) is 71.8 Å². The van der Waals surface area contributed by atoms with Gasteiger partial charge in [0.1, 0.15) is 6.61 Å². The van der Waals surface area contributed by atoms with Crippen molar-refractivity contribution in [3.8, 4) is 0 Å². The van der Waals surface area contributed by atoms with E-state index in [0.29, 0.717) is 6.54 Å². The molecule has 2 aromatic rings. The smallest absolute Gasteiger partial charge is 0.251 e. The lowest BCUT2D eigenvalue weighted by Crippen LogP contribution is -2.53. The van der Waals surface area contributed by atoms with E-state index in [2.05, 4.69) is 40.5 Å². The van der Waals surface area contributed by atoms with Crippen molar-refractivity contribution >= 4 is 11.8 Å². The summed E-state index contributed by atoms with van der Waals surface area (Å²) in [5.74, 6) is 0.469. The molecule has 0 saturated carbocycles. The van der Waals surface area contributed by atoms with Crippen molar-refractivity contribution in [2.45, 2.75) is 31.4 Å². The number of piperidine rings is 1. The van der Waals surface area contributed by atoms with Crippen molar-refractivity contribution in [1.29, 1.82) is 0 Å². The molecule has 2 amide bonds. The van der Waals surface area contributed by atoms with E-state index in [0.717, 1.165) is 37.5 Å². The summed E-state index contributed by atoms with van der Waals surface area (Å²) in [7, 11) is 1.74. The number of carbonyl (C=O) groups is 2. The number of nitrogens with one attached hydrogen (secondary N) is 1. The Bertz CT molecular complexity index is 882. The summed E-state index contributed by atoms with van der Waals surface area (Å²) in [5.41, 5.74) is 2.32. The number of likely N-dealkylation sites (N-methyl/N-ethyl adjacent to an activating group) is 1. The number of hydrogen-bond acceptors (Lipinski definition) is 4. The number of rotatable bonds is 7. The molecule has 6 nitrogen and oxygen atoms in total. The van der Waals surface area contributed by atoms with E-state index in [9.17, 15) is 9.59 Å². The molecule has 2 aliphatic rings. The maximum absolute atomic E-state index is 12.9. The maximum Gasteiger partial charge on any atom is 0.251 e. The summed E-state index contributed by atoms with van der Waals surface area (Å²) in [5, 5.41) is 3.04. The third-order valence-electron chi connectivity index (χ3n) is 6.68. The van der Waals surface area contributed by atoms with Crippen LogP contribution in [0.25, 0.3) is 0 Å². The van der Waals surface area contributed by atoms with Crippen LogP contribution >= 0.6 is 0 Å². The van der Waals surface area contributed by atoms with Crippen molar-refractivity contribution in [2.24, 2.45) is 5.92 Å². The third-order valence-corrected chi connectivity index (χ3v) is 6.68. The highest BCUT2D eigenvalue weighted by molar-refractivity contribution is 5.86. The zero-order valence-electron chi connectivity index (χ0n) is 18.8. The fourth-order valence-electron chi connectivity index (χ4n) is 4.78. The molecule has 2 aliphatic heterocycles. The van der Waals surface area contributed by atoms with Crippen molar-refractivity contribution in [1.82, 2.24) is 15.1 Å². The Morgan fingerprint density at radius 2 is 1.69 bits per heavy atom. The normalized spacial score (nSPS) is 22.7. The number of benzene rings is 2. The molecule has 0 unspecified atom stereocenters. The topological polar surface area (TPSA) is 61.9 Å². The predicted octanol–water partition coefficient (Wildman–Crippen LogP) is 2.66. The molecule has 2 saturated heterocycles. The Kier molecular flexibility index (Phi) is 7.55. The Morgan fingerprint density at radius 3 is 2.38 bits per heavy atom. The molecule has 4 rings (SSSR count). The third kappa shape index (κ3) is 5.56. The first-order chi connectivity index (χ1) is 15.6. The van der Waals surface area contributed by atoms with E-state index in [-0.39, 0.29) is 18.4 Å². The van der Waals surface area contributed by atoms with Gasteiger partial charge in [0.25, 0.3) is 5.91 Å². The lowest BCUT2D eigenvalue weighted by atomic mass is 9.90. The summed E-state index contributed by atoms with van der Waals surface area (Å²) >= 11 is 0. The van der Waals surface area contributed by atoms with E-state index in [1.165, 1.54) is 18.4 Å². The standard InChI is InChI=1S/C26H33N3O3/c1-28-23(30)19-32-25(24(28)22-10-6-3-7-11-22)26(31)27-14-17-29-15-12-21(13-16-29)18-20-8-4-2-5-9-20/h2-11,21,24-25H,12-19H2,1H3,(H,27,31)/t24-,25+/m0/s1. The maximum atomic E-state index is 12.9. The van der Waals surface area contributed by atoms with Crippen molar-refractivity contribution in [3.63, 3.8) is 0 Å². The molecular weight excluding hydrogens is 402 g/mol. The minimum Gasteiger partial charge on any atom is -0.356 e. The van der Waals surface area contributed by atoms with E-state index >= 15 is 0 Å². The predicted molar refractivity (Wildman–Crippen MR) is 124 cm³/mol. The Balaban J connectivity index is 1.24. The van der Waals surface area contributed by atoms with Crippen LogP contribution in [-0.4, -0.2) is 67.6 Å². The molecule has 1 N–H and O–H groups in total. The number of carbonyl (C=O) groups excluding carboxylic acids is 2. The van der Waals surface area contributed by atoms with E-state index < -0.39 is 12.1 Å². The molecule has 0 bridgehead atoms. The van der Waals surface area contributed by atoms with Gasteiger partial charge in [0.15, 0.2) is 6.10 Å². The largest absolute Gasteiger partial charge is 0.356 e. The van der Waals surface area contributed by atoms with Crippen molar-refractivity contribution in [2.75, 3.05) is 39.8 Å². The van der Waals surface area contributed by atoms with Gasteiger partial charge in [-0.25, -0.2) is 0 Å². The molecule has 2 fully saturated rings. The number of ether oxygens (including phenoxy) is 1. The van der Waals surface area contributed by atoms with Gasteiger partial charge in [0.2, 0.25) is 5.91 Å². The van der Waals surface area contributed by atoms with Gasteiger partial charge in [-0.05, 0) is 49.4 Å². The molecular formula is C26H33N3O3. The van der Waals surface area contributed by atoms with E-state index in [1.807, 2.05) is 30.3 Å². The van der Waals surface area contributed by atoms with Crippen LogP contribution in [0, 0.1) is 5.92 Å². The van der Waals surface area contributed by atoms with E-state index in [1.54, 1.807) is 11.9 Å². The molecule has 32 heavy (non-hydrogen) atoms. The second-order valence-corrected chi connectivity index (χ2v) is 8.86. The van der Waals surface area contributed by atoms with Crippen LogP contribution in [0.3, 0.4) is 0 Å². The Hall–Kier alpha value is -2.70. The number of amides is 2. The van der Waals surface area contributed by atoms with Crippen LogP contribution in [0.4, 0.5) is 0 Å². The monoisotopic (exact) mass is 435 g/mol. The number of hydrogen-bond donors (Lipinski definition) is 1. The van der Waals surface area contributed by atoms with Crippen LogP contribution in [0.1, 0.15) is 30.0 Å². The van der Waals surface area contributed by atoms with Gasteiger partial charge in [-0.15, -0.1) is 0 Å². The van der Waals surface area contributed by atoms with Crippen LogP contribution in [0.5, 0.6) is 0 Å². The lowest BCUT2D eigenvalue weighted by molar-refractivity contribution is -0.162. The molecule has 0 radical (unpaired) electrons. The fourth-order valence-corrected chi connectivity index (χ4v) is 4.78. The zero-order valence-corrected chi connectivity index (χ0v) is 18.8. The molecule has 0 spiro atoms. The van der Waals surface area contributed by atoms with Crippen LogP contribution in [0.15, 0.2) is 60.7 Å².